The summed E-state index contributed by atoms with van der Waals surface area (Å²) in [6.07, 6.45) is 10.6. The van der Waals surface area contributed by atoms with Crippen LogP contribution >= 0.6 is 11.3 Å². The van der Waals surface area contributed by atoms with E-state index in [1.165, 1.54) is 28.7 Å². The summed E-state index contributed by atoms with van der Waals surface area (Å²) in [6.45, 7) is 7.17. The number of pyridine rings is 1. The maximum atomic E-state index is 12.9. The van der Waals surface area contributed by atoms with Crippen LogP contribution in [-0.2, 0) is 17.6 Å². The number of anilines is 1. The predicted molar refractivity (Wildman–Crippen MR) is 136 cm³/mol. The van der Waals surface area contributed by atoms with Gasteiger partial charge in [-0.25, -0.2) is 9.97 Å². The predicted octanol–water partition coefficient (Wildman–Crippen LogP) is 3.77. The maximum Gasteiger partial charge on any atom is 0.236 e. The van der Waals surface area contributed by atoms with Crippen molar-refractivity contribution >= 4 is 33.3 Å². The number of amides is 1. The highest BCUT2D eigenvalue weighted by Crippen LogP contribution is 2.41. The van der Waals surface area contributed by atoms with Crippen molar-refractivity contribution in [1.82, 2.24) is 24.8 Å². The van der Waals surface area contributed by atoms with Gasteiger partial charge in [0.1, 0.15) is 10.6 Å². The summed E-state index contributed by atoms with van der Waals surface area (Å²) in [5, 5.41) is 1.26. The molecule has 1 unspecified atom stereocenters. The molecule has 1 atom stereocenters. The van der Waals surface area contributed by atoms with Crippen LogP contribution in [-0.4, -0.2) is 76.0 Å². The molecule has 5 heterocycles. The molecular formula is C26H32N6OS. The molecule has 178 valence electrons. The fraction of sp³-hybridized carbons (Fsp3) is 0.538. The van der Waals surface area contributed by atoms with Gasteiger partial charge in [0.15, 0.2) is 5.82 Å². The SMILES string of the molecule is CC1CCCCN1C(=O)CN1CCN(c2nc(-c3cccnc3)nc3sc4c(c23)CCC4)CC1. The largest absolute Gasteiger partial charge is 0.353 e. The molecule has 2 fully saturated rings. The van der Waals surface area contributed by atoms with E-state index in [0.29, 0.717) is 18.5 Å². The van der Waals surface area contributed by atoms with Gasteiger partial charge in [0.25, 0.3) is 0 Å². The average Bonchev–Trinajstić information content (AvgIpc) is 3.46. The summed E-state index contributed by atoms with van der Waals surface area (Å²) in [5.41, 5.74) is 2.42. The fourth-order valence-corrected chi connectivity index (χ4v) is 6.95. The van der Waals surface area contributed by atoms with Gasteiger partial charge in [0.2, 0.25) is 5.91 Å². The molecular weight excluding hydrogens is 444 g/mol. The lowest BCUT2D eigenvalue weighted by Gasteiger charge is -2.38. The van der Waals surface area contributed by atoms with Crippen molar-refractivity contribution in [3.63, 3.8) is 0 Å². The standard InChI is InChI=1S/C26H32N6OS/c1-18-6-2-3-11-32(18)22(33)17-30-12-14-31(15-13-30)25-23-20-8-4-9-21(20)34-26(23)29-24(28-25)19-7-5-10-27-16-19/h5,7,10,16,18H,2-4,6,8-9,11-15,17H2,1H3. The van der Waals surface area contributed by atoms with Crippen molar-refractivity contribution < 1.29 is 4.79 Å². The molecule has 3 aromatic heterocycles. The highest BCUT2D eigenvalue weighted by Gasteiger charge is 2.29. The van der Waals surface area contributed by atoms with Crippen molar-refractivity contribution in [2.45, 2.75) is 51.5 Å². The highest BCUT2D eigenvalue weighted by molar-refractivity contribution is 7.19. The van der Waals surface area contributed by atoms with E-state index in [9.17, 15) is 4.79 Å². The van der Waals surface area contributed by atoms with Crippen LogP contribution in [0.1, 0.15) is 43.0 Å². The van der Waals surface area contributed by atoms with Gasteiger partial charge in [-0.05, 0) is 63.1 Å². The van der Waals surface area contributed by atoms with Gasteiger partial charge in [-0.3, -0.25) is 14.7 Å². The van der Waals surface area contributed by atoms with Crippen LogP contribution in [0, 0.1) is 0 Å². The molecule has 2 saturated heterocycles. The minimum atomic E-state index is 0.291. The van der Waals surface area contributed by atoms with Crippen LogP contribution < -0.4 is 4.90 Å². The van der Waals surface area contributed by atoms with Crippen LogP contribution in [0.15, 0.2) is 24.5 Å². The second-order valence-electron chi connectivity index (χ2n) is 9.85. The first kappa shape index (κ1) is 21.9. The Kier molecular flexibility index (Phi) is 5.95. The Morgan fingerprint density at radius 3 is 2.76 bits per heavy atom. The van der Waals surface area contributed by atoms with E-state index < -0.39 is 0 Å². The molecule has 7 nitrogen and oxygen atoms in total. The number of piperidine rings is 1. The lowest BCUT2D eigenvalue weighted by molar-refractivity contribution is -0.135. The first-order valence-corrected chi connectivity index (χ1v) is 13.5. The first-order valence-electron chi connectivity index (χ1n) is 12.7. The number of aromatic nitrogens is 3. The smallest absolute Gasteiger partial charge is 0.236 e. The van der Waals surface area contributed by atoms with Crippen LogP contribution in [0.2, 0.25) is 0 Å². The average molecular weight is 477 g/mol. The van der Waals surface area contributed by atoms with E-state index in [1.54, 1.807) is 6.20 Å². The second kappa shape index (κ2) is 9.23. The number of fused-ring (bicyclic) bond motifs is 3. The summed E-state index contributed by atoms with van der Waals surface area (Å²) in [4.78, 5) is 36.7. The van der Waals surface area contributed by atoms with Crippen molar-refractivity contribution in [3.05, 3.63) is 35.0 Å². The van der Waals surface area contributed by atoms with Crippen molar-refractivity contribution in [1.29, 1.82) is 0 Å². The number of rotatable bonds is 4. The zero-order valence-electron chi connectivity index (χ0n) is 19.9. The van der Waals surface area contributed by atoms with Gasteiger partial charge in [0.05, 0.1) is 11.9 Å². The third-order valence-electron chi connectivity index (χ3n) is 7.62. The maximum absolute atomic E-state index is 12.9. The third kappa shape index (κ3) is 4.07. The van der Waals surface area contributed by atoms with Crippen LogP contribution in [0.4, 0.5) is 5.82 Å². The second-order valence-corrected chi connectivity index (χ2v) is 10.9. The summed E-state index contributed by atoms with van der Waals surface area (Å²) in [6, 6.07) is 4.35. The van der Waals surface area contributed by atoms with Crippen LogP contribution in [0.5, 0.6) is 0 Å². The van der Waals surface area contributed by atoms with Gasteiger partial charge in [0, 0.05) is 61.6 Å². The normalized spacial score (nSPS) is 21.3. The summed E-state index contributed by atoms with van der Waals surface area (Å²) in [7, 11) is 0. The zero-order chi connectivity index (χ0) is 23.1. The van der Waals surface area contributed by atoms with Gasteiger partial charge in [-0.2, -0.15) is 0 Å². The third-order valence-corrected chi connectivity index (χ3v) is 8.81. The Hall–Kier alpha value is -2.58. The fourth-order valence-electron chi connectivity index (χ4n) is 5.70. The van der Waals surface area contributed by atoms with E-state index >= 15 is 0 Å². The molecule has 0 bridgehead atoms. The van der Waals surface area contributed by atoms with E-state index in [2.05, 4.69) is 26.6 Å². The molecule has 34 heavy (non-hydrogen) atoms. The Morgan fingerprint density at radius 1 is 1.09 bits per heavy atom. The van der Waals surface area contributed by atoms with Crippen molar-refractivity contribution in [2.24, 2.45) is 0 Å². The molecule has 2 aliphatic heterocycles. The highest BCUT2D eigenvalue weighted by atomic mass is 32.1. The molecule has 0 saturated carbocycles. The molecule has 0 aromatic carbocycles. The van der Waals surface area contributed by atoms with E-state index in [0.717, 1.165) is 80.4 Å². The molecule has 6 rings (SSSR count). The number of thiophene rings is 1. The Balaban J connectivity index is 1.23. The van der Waals surface area contributed by atoms with Crippen LogP contribution in [0.3, 0.4) is 0 Å². The van der Waals surface area contributed by atoms with Crippen LogP contribution in [0.25, 0.3) is 21.6 Å². The van der Waals surface area contributed by atoms with Gasteiger partial charge < -0.3 is 9.80 Å². The first-order chi connectivity index (χ1) is 16.7. The number of nitrogens with zero attached hydrogens (tertiary/aromatic N) is 6. The van der Waals surface area contributed by atoms with Gasteiger partial charge >= 0.3 is 0 Å². The van der Waals surface area contributed by atoms with Gasteiger partial charge in [-0.15, -0.1) is 11.3 Å². The Morgan fingerprint density at radius 2 is 1.97 bits per heavy atom. The minimum absolute atomic E-state index is 0.291. The molecule has 0 N–H and O–H groups in total. The molecule has 1 amide bonds. The van der Waals surface area contributed by atoms with Gasteiger partial charge in [-0.1, -0.05) is 0 Å². The molecule has 1 aliphatic carbocycles. The Bertz CT molecular complexity index is 1190. The quantitative estimate of drug-likeness (QED) is 0.571. The van der Waals surface area contributed by atoms with Crippen molar-refractivity contribution in [3.8, 4) is 11.4 Å². The number of hydrogen-bond acceptors (Lipinski definition) is 7. The lowest BCUT2D eigenvalue weighted by atomic mass is 10.0. The number of carbonyl (C=O) groups excluding carboxylic acids is 1. The Labute approximate surface area is 204 Å². The monoisotopic (exact) mass is 476 g/mol. The number of piperazine rings is 1. The minimum Gasteiger partial charge on any atom is -0.353 e. The molecule has 0 spiro atoms. The molecule has 3 aromatic rings. The van der Waals surface area contributed by atoms with E-state index in [-0.39, 0.29) is 0 Å². The van der Waals surface area contributed by atoms with E-state index in [4.69, 9.17) is 9.97 Å². The zero-order valence-corrected chi connectivity index (χ0v) is 20.7. The number of aryl methyl sites for hydroxylation is 2. The van der Waals surface area contributed by atoms with Crippen molar-refractivity contribution in [2.75, 3.05) is 44.2 Å². The lowest BCUT2D eigenvalue weighted by Crippen LogP contribution is -2.52. The number of likely N-dealkylation sites (tertiary alicyclic amines) is 1. The number of hydrogen-bond donors (Lipinski definition) is 0. The summed E-state index contributed by atoms with van der Waals surface area (Å²) < 4.78 is 0. The summed E-state index contributed by atoms with van der Waals surface area (Å²) >= 11 is 1.84. The molecule has 3 aliphatic rings. The number of carbonyl (C=O) groups is 1. The summed E-state index contributed by atoms with van der Waals surface area (Å²) in [5.74, 6) is 2.12. The molecule has 0 radical (unpaired) electrons. The molecule has 8 heteroatoms. The van der Waals surface area contributed by atoms with E-state index in [1.807, 2.05) is 29.7 Å². The topological polar surface area (TPSA) is 65.5 Å².